The van der Waals surface area contributed by atoms with Gasteiger partial charge < -0.3 is 20.1 Å². The Morgan fingerprint density at radius 1 is 1.32 bits per heavy atom. The summed E-state index contributed by atoms with van der Waals surface area (Å²) in [6.07, 6.45) is 0.756. The number of nitrogens with two attached hydrogens (primary N) is 1. The summed E-state index contributed by atoms with van der Waals surface area (Å²) in [5.41, 5.74) is 8.00. The van der Waals surface area contributed by atoms with E-state index in [9.17, 15) is 4.79 Å². The Kier molecular flexibility index (Phi) is 2.86. The molecule has 2 heterocycles. The van der Waals surface area contributed by atoms with E-state index in [0.717, 1.165) is 23.4 Å². The zero-order valence-electron chi connectivity index (χ0n) is 11.2. The molecule has 2 aliphatic rings. The van der Waals surface area contributed by atoms with E-state index in [0.29, 0.717) is 19.0 Å². The number of ether oxygens (including phenoxy) is 2. The van der Waals surface area contributed by atoms with Crippen molar-refractivity contribution in [2.75, 3.05) is 18.1 Å². The third-order valence-electron chi connectivity index (χ3n) is 3.73. The molecule has 0 saturated heterocycles. The molecule has 0 bridgehead atoms. The summed E-state index contributed by atoms with van der Waals surface area (Å²) in [7, 11) is 0. The highest BCUT2D eigenvalue weighted by molar-refractivity contribution is 5.94. The molecule has 2 unspecified atom stereocenters. The Morgan fingerprint density at radius 2 is 1.95 bits per heavy atom. The number of amides is 1. The highest BCUT2D eigenvalue weighted by Gasteiger charge is 2.32. The predicted octanol–water partition coefficient (Wildman–Crippen LogP) is 1.60. The lowest BCUT2D eigenvalue weighted by atomic mass is 9.91. The van der Waals surface area contributed by atoms with Crippen LogP contribution in [-0.4, -0.2) is 25.2 Å². The van der Waals surface area contributed by atoms with Gasteiger partial charge in [-0.3, -0.25) is 4.79 Å². The molecule has 0 aromatic heterocycles. The number of carbonyl (C=O) groups excluding carboxylic acids is 1. The minimum absolute atomic E-state index is 0.0253. The summed E-state index contributed by atoms with van der Waals surface area (Å²) in [6, 6.07) is 3.82. The topological polar surface area (TPSA) is 64.8 Å². The molecule has 2 N–H and O–H groups in total. The second kappa shape index (κ2) is 4.42. The van der Waals surface area contributed by atoms with Crippen molar-refractivity contribution in [3.05, 3.63) is 17.7 Å². The van der Waals surface area contributed by atoms with Crippen LogP contribution >= 0.6 is 0 Å². The van der Waals surface area contributed by atoms with E-state index >= 15 is 0 Å². The smallest absolute Gasteiger partial charge is 0.224 e. The van der Waals surface area contributed by atoms with Gasteiger partial charge in [-0.2, -0.15) is 0 Å². The van der Waals surface area contributed by atoms with Gasteiger partial charge in [0, 0.05) is 25.1 Å². The molecule has 5 nitrogen and oxygen atoms in total. The average Bonchev–Trinajstić information content (AvgIpc) is 2.36. The first-order valence-corrected chi connectivity index (χ1v) is 6.57. The van der Waals surface area contributed by atoms with Gasteiger partial charge in [0.25, 0.3) is 0 Å². The van der Waals surface area contributed by atoms with Crippen LogP contribution in [0.4, 0.5) is 5.69 Å². The minimum Gasteiger partial charge on any atom is -0.486 e. The summed E-state index contributed by atoms with van der Waals surface area (Å²) in [5, 5.41) is 0. The first-order valence-electron chi connectivity index (χ1n) is 6.57. The molecule has 0 saturated carbocycles. The average molecular weight is 262 g/mol. The van der Waals surface area contributed by atoms with Gasteiger partial charge in [0.05, 0.1) is 5.69 Å². The predicted molar refractivity (Wildman–Crippen MR) is 71.6 cm³/mol. The zero-order chi connectivity index (χ0) is 13.6. The number of hydrogen-bond acceptors (Lipinski definition) is 4. The Morgan fingerprint density at radius 3 is 2.58 bits per heavy atom. The van der Waals surface area contributed by atoms with Gasteiger partial charge in [-0.15, -0.1) is 0 Å². The molecule has 5 heteroatoms. The van der Waals surface area contributed by atoms with E-state index in [4.69, 9.17) is 15.2 Å². The summed E-state index contributed by atoms with van der Waals surface area (Å²) in [5.74, 6) is 1.44. The van der Waals surface area contributed by atoms with Crippen LogP contribution in [0.25, 0.3) is 0 Å². The van der Waals surface area contributed by atoms with E-state index < -0.39 is 0 Å². The molecule has 1 aromatic rings. The van der Waals surface area contributed by atoms with Gasteiger partial charge in [0.1, 0.15) is 13.2 Å². The number of hydrogen-bond donors (Lipinski definition) is 1. The molecular formula is C14H18N2O3. The molecule has 1 amide bonds. The maximum Gasteiger partial charge on any atom is 0.224 e. The standard InChI is InChI=1S/C14H18N2O3/c1-8-5-11(15)10-6-13-14(19-4-3-18-13)7-12(10)16(8)9(2)17/h6-8,11H,3-5,15H2,1-2H3. The van der Waals surface area contributed by atoms with E-state index in [-0.39, 0.29) is 18.0 Å². The van der Waals surface area contributed by atoms with Gasteiger partial charge in [0.15, 0.2) is 11.5 Å². The summed E-state index contributed by atoms with van der Waals surface area (Å²) >= 11 is 0. The molecule has 2 atom stereocenters. The number of anilines is 1. The van der Waals surface area contributed by atoms with Crippen molar-refractivity contribution in [1.29, 1.82) is 0 Å². The van der Waals surface area contributed by atoms with Gasteiger partial charge in [-0.1, -0.05) is 0 Å². The van der Waals surface area contributed by atoms with Crippen molar-refractivity contribution in [2.24, 2.45) is 5.73 Å². The number of rotatable bonds is 0. The lowest BCUT2D eigenvalue weighted by Gasteiger charge is -2.38. The molecule has 0 spiro atoms. The van der Waals surface area contributed by atoms with Gasteiger partial charge in [-0.05, 0) is 25.0 Å². The van der Waals surface area contributed by atoms with E-state index in [1.165, 1.54) is 0 Å². The number of nitrogens with zero attached hydrogens (tertiary/aromatic N) is 1. The Hall–Kier alpha value is -1.75. The largest absolute Gasteiger partial charge is 0.486 e. The van der Waals surface area contributed by atoms with Crippen molar-refractivity contribution in [3.8, 4) is 11.5 Å². The SMILES string of the molecule is CC(=O)N1c2cc3c(cc2C(N)CC1C)OCCO3. The first-order chi connectivity index (χ1) is 9.08. The zero-order valence-corrected chi connectivity index (χ0v) is 11.2. The van der Waals surface area contributed by atoms with Crippen LogP contribution in [0.5, 0.6) is 11.5 Å². The van der Waals surface area contributed by atoms with Crippen LogP contribution in [0.15, 0.2) is 12.1 Å². The maximum atomic E-state index is 11.9. The molecule has 2 aliphatic heterocycles. The Labute approximate surface area is 112 Å². The van der Waals surface area contributed by atoms with Crippen LogP contribution in [0.3, 0.4) is 0 Å². The van der Waals surface area contributed by atoms with Gasteiger partial charge in [-0.25, -0.2) is 0 Å². The number of carbonyl (C=O) groups is 1. The van der Waals surface area contributed by atoms with Crippen LogP contribution in [0, 0.1) is 0 Å². The summed E-state index contributed by atoms with van der Waals surface area (Å²) in [6.45, 7) is 4.68. The molecule has 3 rings (SSSR count). The van der Waals surface area contributed by atoms with E-state index in [1.807, 2.05) is 19.1 Å². The number of fused-ring (bicyclic) bond motifs is 2. The fourth-order valence-corrected chi connectivity index (χ4v) is 2.92. The second-order valence-electron chi connectivity index (χ2n) is 5.13. The van der Waals surface area contributed by atoms with E-state index in [2.05, 4.69) is 0 Å². The Bertz CT molecular complexity index is 530. The fourth-order valence-electron chi connectivity index (χ4n) is 2.92. The monoisotopic (exact) mass is 262 g/mol. The molecule has 0 radical (unpaired) electrons. The van der Waals surface area contributed by atoms with Crippen LogP contribution in [0.1, 0.15) is 31.9 Å². The lowest BCUT2D eigenvalue weighted by Crippen LogP contribution is -2.43. The van der Waals surface area contributed by atoms with Crippen molar-refractivity contribution >= 4 is 11.6 Å². The van der Waals surface area contributed by atoms with Crippen molar-refractivity contribution in [3.63, 3.8) is 0 Å². The lowest BCUT2D eigenvalue weighted by molar-refractivity contribution is -0.117. The van der Waals surface area contributed by atoms with Crippen molar-refractivity contribution in [2.45, 2.75) is 32.4 Å². The molecule has 19 heavy (non-hydrogen) atoms. The van der Waals surface area contributed by atoms with Crippen molar-refractivity contribution < 1.29 is 14.3 Å². The maximum absolute atomic E-state index is 11.9. The highest BCUT2D eigenvalue weighted by Crippen LogP contribution is 2.43. The highest BCUT2D eigenvalue weighted by atomic mass is 16.6. The van der Waals surface area contributed by atoms with E-state index in [1.54, 1.807) is 11.8 Å². The normalized spacial score (nSPS) is 24.9. The third-order valence-corrected chi connectivity index (χ3v) is 3.73. The Balaban J connectivity index is 2.14. The van der Waals surface area contributed by atoms with Crippen LogP contribution < -0.4 is 20.1 Å². The summed E-state index contributed by atoms with van der Waals surface area (Å²) < 4.78 is 11.2. The quantitative estimate of drug-likeness (QED) is 0.771. The molecule has 0 fully saturated rings. The molecule has 1 aromatic carbocycles. The number of benzene rings is 1. The van der Waals surface area contributed by atoms with Crippen LogP contribution in [0.2, 0.25) is 0 Å². The third kappa shape index (κ3) is 1.94. The van der Waals surface area contributed by atoms with Crippen molar-refractivity contribution in [1.82, 2.24) is 0 Å². The second-order valence-corrected chi connectivity index (χ2v) is 5.13. The van der Waals surface area contributed by atoms with Gasteiger partial charge in [0.2, 0.25) is 5.91 Å². The first kappa shape index (κ1) is 12.3. The summed E-state index contributed by atoms with van der Waals surface area (Å²) in [4.78, 5) is 13.6. The van der Waals surface area contributed by atoms with Crippen LogP contribution in [-0.2, 0) is 4.79 Å². The molecule has 0 aliphatic carbocycles. The molecular weight excluding hydrogens is 244 g/mol. The molecule has 102 valence electrons. The van der Waals surface area contributed by atoms with Gasteiger partial charge >= 0.3 is 0 Å². The minimum atomic E-state index is -0.0728. The fraction of sp³-hybridized carbons (Fsp3) is 0.500.